The van der Waals surface area contributed by atoms with Gasteiger partial charge in [0.05, 0.1) is 0 Å². The molecule has 0 aromatic carbocycles. The van der Waals surface area contributed by atoms with Crippen molar-refractivity contribution >= 4 is 11.9 Å². The van der Waals surface area contributed by atoms with Gasteiger partial charge >= 0.3 is 0 Å². The molecule has 2 rings (SSSR count). The van der Waals surface area contributed by atoms with Crippen LogP contribution in [-0.2, 0) is 0 Å². The van der Waals surface area contributed by atoms with Crippen molar-refractivity contribution in [3.05, 3.63) is 24.4 Å². The Bertz CT molecular complexity index is 306. The summed E-state index contributed by atoms with van der Waals surface area (Å²) in [7, 11) is 0. The molecule has 2 aliphatic rings. The fourth-order valence-corrected chi connectivity index (χ4v) is 1.37. The first kappa shape index (κ1) is 7.47. The third-order valence-electron chi connectivity index (χ3n) is 2.11. The highest BCUT2D eigenvalue weighted by atomic mass is 15.2. The molecule has 1 unspecified atom stereocenters. The monoisotopic (exact) mass is 161 g/mol. The quantitative estimate of drug-likeness (QED) is 0.519. The van der Waals surface area contributed by atoms with E-state index in [2.05, 4.69) is 41.9 Å². The van der Waals surface area contributed by atoms with Crippen LogP contribution in [0.5, 0.6) is 0 Å². The largest absolute Gasteiger partial charge is 0.270 e. The van der Waals surface area contributed by atoms with Gasteiger partial charge in [-0.3, -0.25) is 0 Å². The predicted octanol–water partition coefficient (Wildman–Crippen LogP) is 1.59. The summed E-state index contributed by atoms with van der Waals surface area (Å²) >= 11 is 0. The molecule has 0 saturated heterocycles. The van der Waals surface area contributed by atoms with Crippen molar-refractivity contribution in [1.82, 2.24) is 0 Å². The number of hydrogen-bond acceptors (Lipinski definition) is 1. The van der Waals surface area contributed by atoms with Gasteiger partial charge in [0.25, 0.3) is 6.17 Å². The maximum Gasteiger partial charge on any atom is 0.270 e. The molecule has 0 radical (unpaired) electrons. The summed E-state index contributed by atoms with van der Waals surface area (Å²) in [6.45, 7) is 4.34. The number of aliphatic imine (C=N–C) groups is 1. The highest BCUT2D eigenvalue weighted by Gasteiger charge is 2.25. The van der Waals surface area contributed by atoms with Crippen LogP contribution in [0.15, 0.2) is 29.4 Å². The van der Waals surface area contributed by atoms with Crippen molar-refractivity contribution in [3.63, 3.8) is 0 Å². The Labute approximate surface area is 72.6 Å². The topological polar surface area (TPSA) is 15.4 Å². The first-order valence-corrected chi connectivity index (χ1v) is 4.32. The SMILES string of the molecule is CC(C)C1=NC2C=CC=C[N+]2=C1. The van der Waals surface area contributed by atoms with E-state index in [1.165, 1.54) is 5.71 Å². The Hall–Kier alpha value is -1.18. The first-order valence-electron chi connectivity index (χ1n) is 4.32. The molecular formula is C10H13N2+. The standard InChI is InChI=1S/C10H13N2/c1-8(2)9-7-12-6-4-3-5-10(12)11-9/h3-8,10H,1-2H3/q+1. The summed E-state index contributed by atoms with van der Waals surface area (Å²) in [6, 6.07) is 0. The smallest absolute Gasteiger partial charge is 0.211 e. The van der Waals surface area contributed by atoms with Gasteiger partial charge < -0.3 is 0 Å². The summed E-state index contributed by atoms with van der Waals surface area (Å²) in [6.07, 6.45) is 10.6. The second kappa shape index (κ2) is 2.70. The fourth-order valence-electron chi connectivity index (χ4n) is 1.37. The van der Waals surface area contributed by atoms with Gasteiger partial charge in [-0.2, -0.15) is 4.58 Å². The van der Waals surface area contributed by atoms with Crippen LogP contribution < -0.4 is 0 Å². The summed E-state index contributed by atoms with van der Waals surface area (Å²) in [5, 5.41) is 0. The highest BCUT2D eigenvalue weighted by molar-refractivity contribution is 6.30. The minimum atomic E-state index is 0.229. The summed E-state index contributed by atoms with van der Waals surface area (Å²) in [4.78, 5) is 4.56. The number of rotatable bonds is 1. The molecule has 2 heteroatoms. The lowest BCUT2D eigenvalue weighted by Gasteiger charge is -1.99. The zero-order valence-electron chi connectivity index (χ0n) is 7.44. The average Bonchev–Trinajstić information content (AvgIpc) is 2.46. The van der Waals surface area contributed by atoms with Gasteiger partial charge in [0.2, 0.25) is 0 Å². The fraction of sp³-hybridized carbons (Fsp3) is 0.400. The van der Waals surface area contributed by atoms with Crippen molar-refractivity contribution in [1.29, 1.82) is 0 Å². The minimum absolute atomic E-state index is 0.229. The molecule has 2 heterocycles. The van der Waals surface area contributed by atoms with Crippen LogP contribution in [0.4, 0.5) is 0 Å². The minimum Gasteiger partial charge on any atom is -0.211 e. The van der Waals surface area contributed by atoms with Crippen molar-refractivity contribution in [2.45, 2.75) is 20.0 Å². The summed E-state index contributed by atoms with van der Waals surface area (Å²) < 4.78 is 2.13. The molecule has 0 bridgehead atoms. The van der Waals surface area contributed by atoms with Crippen LogP contribution in [-0.4, -0.2) is 22.7 Å². The highest BCUT2D eigenvalue weighted by Crippen LogP contribution is 2.11. The van der Waals surface area contributed by atoms with Crippen molar-refractivity contribution in [2.24, 2.45) is 10.9 Å². The number of fused-ring (bicyclic) bond motifs is 1. The Balaban J connectivity index is 2.29. The molecule has 0 spiro atoms. The lowest BCUT2D eigenvalue weighted by Crippen LogP contribution is -2.15. The molecule has 1 atom stereocenters. The molecule has 0 saturated carbocycles. The average molecular weight is 161 g/mol. The lowest BCUT2D eigenvalue weighted by atomic mass is 10.1. The molecule has 0 N–H and O–H groups in total. The van der Waals surface area contributed by atoms with Crippen LogP contribution in [0.2, 0.25) is 0 Å². The Kier molecular flexibility index (Phi) is 1.68. The third kappa shape index (κ3) is 1.13. The van der Waals surface area contributed by atoms with Gasteiger partial charge in [-0.1, -0.05) is 19.9 Å². The third-order valence-corrected chi connectivity index (χ3v) is 2.11. The molecule has 2 nitrogen and oxygen atoms in total. The van der Waals surface area contributed by atoms with E-state index in [1.54, 1.807) is 0 Å². The second-order valence-electron chi connectivity index (χ2n) is 3.43. The molecule has 0 aromatic heterocycles. The molecule has 0 amide bonds. The van der Waals surface area contributed by atoms with Crippen LogP contribution in [0, 0.1) is 5.92 Å². The summed E-state index contributed by atoms with van der Waals surface area (Å²) in [5.74, 6) is 0.525. The molecule has 2 aliphatic heterocycles. The van der Waals surface area contributed by atoms with Crippen LogP contribution in [0.25, 0.3) is 0 Å². The number of allylic oxidation sites excluding steroid dienone is 2. The van der Waals surface area contributed by atoms with Crippen LogP contribution in [0.1, 0.15) is 13.8 Å². The maximum atomic E-state index is 4.56. The van der Waals surface area contributed by atoms with Gasteiger partial charge in [-0.05, 0) is 0 Å². The molecule has 62 valence electrons. The van der Waals surface area contributed by atoms with Crippen molar-refractivity contribution < 1.29 is 4.58 Å². The molecule has 0 aliphatic carbocycles. The van der Waals surface area contributed by atoms with Gasteiger partial charge in [0, 0.05) is 18.1 Å². The van der Waals surface area contributed by atoms with E-state index in [1.807, 2.05) is 12.2 Å². The Morgan fingerprint density at radius 3 is 2.92 bits per heavy atom. The van der Waals surface area contributed by atoms with E-state index >= 15 is 0 Å². The maximum absolute atomic E-state index is 4.56. The first-order chi connectivity index (χ1) is 5.77. The molecular weight excluding hydrogens is 148 g/mol. The van der Waals surface area contributed by atoms with Crippen molar-refractivity contribution in [2.75, 3.05) is 0 Å². The van der Waals surface area contributed by atoms with E-state index < -0.39 is 0 Å². The van der Waals surface area contributed by atoms with Gasteiger partial charge in [-0.25, -0.2) is 4.99 Å². The molecule has 0 fully saturated rings. The van der Waals surface area contributed by atoms with Crippen LogP contribution >= 0.6 is 0 Å². The lowest BCUT2D eigenvalue weighted by molar-refractivity contribution is -0.476. The molecule has 0 aromatic rings. The number of nitrogens with zero attached hydrogens (tertiary/aromatic N) is 2. The van der Waals surface area contributed by atoms with E-state index in [9.17, 15) is 0 Å². The van der Waals surface area contributed by atoms with Crippen molar-refractivity contribution in [3.8, 4) is 0 Å². The van der Waals surface area contributed by atoms with E-state index in [0.717, 1.165) is 0 Å². The Morgan fingerprint density at radius 1 is 1.42 bits per heavy atom. The summed E-state index contributed by atoms with van der Waals surface area (Å²) in [5.41, 5.74) is 1.19. The van der Waals surface area contributed by atoms with E-state index in [-0.39, 0.29) is 6.17 Å². The second-order valence-corrected chi connectivity index (χ2v) is 3.43. The van der Waals surface area contributed by atoms with E-state index in [0.29, 0.717) is 5.92 Å². The van der Waals surface area contributed by atoms with Crippen LogP contribution in [0.3, 0.4) is 0 Å². The normalized spacial score (nSPS) is 25.8. The van der Waals surface area contributed by atoms with E-state index in [4.69, 9.17) is 0 Å². The van der Waals surface area contributed by atoms with Gasteiger partial charge in [-0.15, -0.1) is 0 Å². The Morgan fingerprint density at radius 2 is 2.25 bits per heavy atom. The zero-order valence-corrected chi connectivity index (χ0v) is 7.44. The zero-order chi connectivity index (χ0) is 8.55. The molecule has 12 heavy (non-hydrogen) atoms. The predicted molar refractivity (Wildman–Crippen MR) is 50.7 cm³/mol. The van der Waals surface area contributed by atoms with Gasteiger partial charge in [0.15, 0.2) is 12.4 Å². The number of hydrogen-bond donors (Lipinski definition) is 0. The van der Waals surface area contributed by atoms with Gasteiger partial charge in [0.1, 0.15) is 5.71 Å².